The lowest BCUT2D eigenvalue weighted by atomic mass is 10.1. The van der Waals surface area contributed by atoms with E-state index >= 15 is 0 Å². The van der Waals surface area contributed by atoms with E-state index in [-0.39, 0.29) is 10.8 Å². The molecule has 0 saturated carbocycles. The molecule has 1 amide bonds. The fourth-order valence-corrected chi connectivity index (χ4v) is 4.66. The molecule has 1 fully saturated rings. The third-order valence-corrected chi connectivity index (χ3v) is 6.30. The first kappa shape index (κ1) is 20.7. The first-order valence-electron chi connectivity index (χ1n) is 9.23. The maximum absolute atomic E-state index is 13.1. The van der Waals surface area contributed by atoms with E-state index in [1.165, 1.54) is 10.4 Å². The van der Waals surface area contributed by atoms with Crippen molar-refractivity contribution in [3.8, 4) is 5.75 Å². The summed E-state index contributed by atoms with van der Waals surface area (Å²) < 4.78 is 33.1. The van der Waals surface area contributed by atoms with Crippen molar-refractivity contribution in [3.05, 3.63) is 18.2 Å². The smallest absolute Gasteiger partial charge is 0.246 e. The second kappa shape index (κ2) is 9.34. The number of nitrogens with two attached hydrogens (primary N) is 1. The van der Waals surface area contributed by atoms with Gasteiger partial charge in [0.2, 0.25) is 15.9 Å². The van der Waals surface area contributed by atoms with Gasteiger partial charge in [0.25, 0.3) is 0 Å². The minimum Gasteiger partial charge on any atom is -0.492 e. The highest BCUT2D eigenvalue weighted by Crippen LogP contribution is 2.31. The van der Waals surface area contributed by atoms with Gasteiger partial charge in [-0.3, -0.25) is 4.79 Å². The van der Waals surface area contributed by atoms with Crippen LogP contribution in [0.15, 0.2) is 23.1 Å². The van der Waals surface area contributed by atoms with Crippen molar-refractivity contribution in [1.82, 2.24) is 4.31 Å². The van der Waals surface area contributed by atoms with Gasteiger partial charge in [0.1, 0.15) is 10.6 Å². The minimum absolute atomic E-state index is 0.0862. The van der Waals surface area contributed by atoms with Gasteiger partial charge in [-0.25, -0.2) is 8.42 Å². The molecule has 1 aliphatic heterocycles. The van der Waals surface area contributed by atoms with Crippen LogP contribution in [0.3, 0.4) is 0 Å². The van der Waals surface area contributed by atoms with Gasteiger partial charge in [-0.05, 0) is 44.4 Å². The molecule has 3 N–H and O–H groups in total. The van der Waals surface area contributed by atoms with Crippen molar-refractivity contribution in [3.63, 3.8) is 0 Å². The molecule has 1 aliphatic rings. The van der Waals surface area contributed by atoms with Gasteiger partial charge < -0.3 is 15.8 Å². The van der Waals surface area contributed by atoms with Gasteiger partial charge in [-0.1, -0.05) is 19.8 Å². The van der Waals surface area contributed by atoms with Crippen LogP contribution in [0.25, 0.3) is 0 Å². The highest BCUT2D eigenvalue weighted by molar-refractivity contribution is 7.89. The van der Waals surface area contributed by atoms with Crippen LogP contribution in [0.2, 0.25) is 0 Å². The molecular formula is C18H29N3O4S. The Morgan fingerprint density at radius 1 is 1.27 bits per heavy atom. The highest BCUT2D eigenvalue weighted by Gasteiger charge is 2.29. The fraction of sp³-hybridized carbons (Fsp3) is 0.611. The van der Waals surface area contributed by atoms with E-state index < -0.39 is 16.1 Å². The number of ether oxygens (including phenoxy) is 1. The molecule has 0 bridgehead atoms. The summed E-state index contributed by atoms with van der Waals surface area (Å²) in [5.41, 5.74) is 6.23. The number of piperidine rings is 1. The highest BCUT2D eigenvalue weighted by atomic mass is 32.2. The van der Waals surface area contributed by atoms with Gasteiger partial charge in [-0.15, -0.1) is 0 Å². The molecule has 1 aromatic carbocycles. The third-order valence-electron chi connectivity index (χ3n) is 4.38. The van der Waals surface area contributed by atoms with Crippen LogP contribution in [-0.2, 0) is 14.8 Å². The summed E-state index contributed by atoms with van der Waals surface area (Å²) in [6.07, 6.45) is 4.11. The molecule has 0 spiro atoms. The molecule has 146 valence electrons. The predicted octanol–water partition coefficient (Wildman–Crippen LogP) is 2.33. The van der Waals surface area contributed by atoms with Gasteiger partial charge in [-0.2, -0.15) is 4.31 Å². The monoisotopic (exact) mass is 383 g/mol. The Morgan fingerprint density at radius 2 is 1.96 bits per heavy atom. The Morgan fingerprint density at radius 3 is 2.58 bits per heavy atom. The summed E-state index contributed by atoms with van der Waals surface area (Å²) in [5, 5.41) is 2.71. The molecule has 7 nitrogen and oxygen atoms in total. The number of hydrogen-bond acceptors (Lipinski definition) is 5. The van der Waals surface area contributed by atoms with E-state index in [9.17, 15) is 13.2 Å². The van der Waals surface area contributed by atoms with E-state index in [0.717, 1.165) is 25.7 Å². The molecule has 1 heterocycles. The summed E-state index contributed by atoms with van der Waals surface area (Å²) >= 11 is 0. The molecular weight excluding hydrogens is 354 g/mol. The SMILES string of the molecule is CCCC(N)C(=O)Nc1ccc(OCC)c(S(=O)(=O)N2CCCCC2)c1. The number of rotatable bonds is 8. The van der Waals surface area contributed by atoms with E-state index in [1.54, 1.807) is 19.1 Å². The van der Waals surface area contributed by atoms with Crippen molar-refractivity contribution in [2.75, 3.05) is 25.0 Å². The summed E-state index contributed by atoms with van der Waals surface area (Å²) in [6.45, 7) is 5.12. The zero-order chi connectivity index (χ0) is 19.2. The Kier molecular flexibility index (Phi) is 7.43. The Hall–Kier alpha value is -1.64. The number of nitrogens with one attached hydrogen (secondary N) is 1. The maximum Gasteiger partial charge on any atom is 0.246 e. The average molecular weight is 384 g/mol. The Bertz CT molecular complexity index is 715. The lowest BCUT2D eigenvalue weighted by molar-refractivity contribution is -0.117. The molecule has 1 unspecified atom stereocenters. The third kappa shape index (κ3) is 4.96. The molecule has 0 radical (unpaired) electrons. The number of carbonyl (C=O) groups excluding carboxylic acids is 1. The standard InChI is InChI=1S/C18H29N3O4S/c1-3-8-15(19)18(22)20-14-9-10-16(25-4-2)17(13-14)26(23,24)21-11-6-5-7-12-21/h9-10,13,15H,3-8,11-12,19H2,1-2H3,(H,20,22). The van der Waals surface area contributed by atoms with Crippen LogP contribution < -0.4 is 15.8 Å². The number of nitrogens with zero attached hydrogens (tertiary/aromatic N) is 1. The van der Waals surface area contributed by atoms with Gasteiger partial charge >= 0.3 is 0 Å². The summed E-state index contributed by atoms with van der Waals surface area (Å²) in [6, 6.07) is 4.07. The molecule has 26 heavy (non-hydrogen) atoms. The first-order valence-corrected chi connectivity index (χ1v) is 10.7. The fourth-order valence-electron chi connectivity index (χ4n) is 2.98. The van der Waals surface area contributed by atoms with Crippen LogP contribution in [0, 0.1) is 0 Å². The quantitative estimate of drug-likeness (QED) is 0.717. The minimum atomic E-state index is -3.68. The lowest BCUT2D eigenvalue weighted by Gasteiger charge is -2.27. The summed E-state index contributed by atoms with van der Waals surface area (Å²) in [7, 11) is -3.68. The number of amides is 1. The van der Waals surface area contributed by atoms with E-state index in [4.69, 9.17) is 10.5 Å². The Labute approximate surface area is 155 Å². The summed E-state index contributed by atoms with van der Waals surface area (Å²) in [4.78, 5) is 12.2. The van der Waals surface area contributed by atoms with Crippen molar-refractivity contribution >= 4 is 21.6 Å². The van der Waals surface area contributed by atoms with Gasteiger partial charge in [0.15, 0.2) is 0 Å². The van der Waals surface area contributed by atoms with E-state index in [2.05, 4.69) is 5.32 Å². The largest absolute Gasteiger partial charge is 0.492 e. The maximum atomic E-state index is 13.1. The van der Waals surface area contributed by atoms with Crippen molar-refractivity contribution < 1.29 is 17.9 Å². The van der Waals surface area contributed by atoms with Crippen LogP contribution in [0.1, 0.15) is 46.0 Å². The molecule has 1 atom stereocenters. The Balaban J connectivity index is 2.31. The molecule has 2 rings (SSSR count). The lowest BCUT2D eigenvalue weighted by Crippen LogP contribution is -2.36. The number of hydrogen-bond donors (Lipinski definition) is 2. The van der Waals surface area contributed by atoms with Crippen LogP contribution >= 0.6 is 0 Å². The summed E-state index contributed by atoms with van der Waals surface area (Å²) in [5.74, 6) is -0.0220. The number of sulfonamides is 1. The number of benzene rings is 1. The zero-order valence-corrected chi connectivity index (χ0v) is 16.3. The average Bonchev–Trinajstić information content (AvgIpc) is 2.64. The molecule has 8 heteroatoms. The molecule has 1 aromatic rings. The van der Waals surface area contributed by atoms with Crippen LogP contribution in [-0.4, -0.2) is 44.4 Å². The van der Waals surface area contributed by atoms with Crippen LogP contribution in [0.4, 0.5) is 5.69 Å². The van der Waals surface area contributed by atoms with Gasteiger partial charge in [0, 0.05) is 18.8 Å². The van der Waals surface area contributed by atoms with Crippen molar-refractivity contribution in [2.45, 2.75) is 56.9 Å². The van der Waals surface area contributed by atoms with Crippen molar-refractivity contribution in [2.24, 2.45) is 5.73 Å². The van der Waals surface area contributed by atoms with Gasteiger partial charge in [0.05, 0.1) is 12.6 Å². The van der Waals surface area contributed by atoms with Crippen molar-refractivity contribution in [1.29, 1.82) is 0 Å². The normalized spacial score (nSPS) is 16.9. The second-order valence-corrected chi connectivity index (χ2v) is 8.35. The topological polar surface area (TPSA) is 102 Å². The molecule has 0 aromatic heterocycles. The zero-order valence-electron chi connectivity index (χ0n) is 15.5. The van der Waals surface area contributed by atoms with E-state index in [1.807, 2.05) is 6.92 Å². The predicted molar refractivity (Wildman–Crippen MR) is 102 cm³/mol. The first-order chi connectivity index (χ1) is 12.4. The number of anilines is 1. The van der Waals surface area contributed by atoms with Crippen LogP contribution in [0.5, 0.6) is 5.75 Å². The molecule has 0 aliphatic carbocycles. The van der Waals surface area contributed by atoms with E-state index in [0.29, 0.717) is 37.6 Å². The number of carbonyl (C=O) groups is 1. The second-order valence-electron chi connectivity index (χ2n) is 6.44. The molecule has 1 saturated heterocycles.